The van der Waals surface area contributed by atoms with Crippen molar-refractivity contribution in [2.45, 2.75) is 20.8 Å². The average Bonchev–Trinajstić information content (AvgIpc) is 2.66. The summed E-state index contributed by atoms with van der Waals surface area (Å²) in [6.45, 7) is 7.08. The lowest BCUT2D eigenvalue weighted by molar-refractivity contribution is 0.271. The minimum atomic E-state index is 0.543. The van der Waals surface area contributed by atoms with E-state index < -0.39 is 0 Å². The molecule has 0 atom stereocenters. The van der Waals surface area contributed by atoms with Crippen molar-refractivity contribution in [2.75, 3.05) is 6.61 Å². The van der Waals surface area contributed by atoms with Gasteiger partial charge in [-0.3, -0.25) is 0 Å². The molecular weight excluding hydrogens is 262 g/mol. The van der Waals surface area contributed by atoms with E-state index in [9.17, 15) is 0 Å². The Labute approximate surface area is 117 Å². The SMILES string of the molecule is Cc1[nH]c(=S)sc1-c1ccc(OCC(C)C)cc1. The van der Waals surface area contributed by atoms with Crippen LogP contribution >= 0.6 is 23.6 Å². The summed E-state index contributed by atoms with van der Waals surface area (Å²) in [5.74, 6) is 1.46. The third-order valence-corrected chi connectivity index (χ3v) is 3.91. The van der Waals surface area contributed by atoms with Gasteiger partial charge in [-0.15, -0.1) is 11.3 Å². The predicted octanol–water partition coefficient (Wildman–Crippen LogP) is 4.82. The summed E-state index contributed by atoms with van der Waals surface area (Å²) in [6.07, 6.45) is 0. The molecule has 0 amide bonds. The predicted molar refractivity (Wildman–Crippen MR) is 80.0 cm³/mol. The summed E-state index contributed by atoms with van der Waals surface area (Å²) in [7, 11) is 0. The molecule has 2 nitrogen and oxygen atoms in total. The van der Waals surface area contributed by atoms with Crippen molar-refractivity contribution in [3.8, 4) is 16.2 Å². The van der Waals surface area contributed by atoms with E-state index in [1.165, 1.54) is 10.4 Å². The number of nitrogens with one attached hydrogen (secondary N) is 1. The zero-order chi connectivity index (χ0) is 13.1. The van der Waals surface area contributed by atoms with Crippen LogP contribution in [-0.4, -0.2) is 11.6 Å². The summed E-state index contributed by atoms with van der Waals surface area (Å²) in [6, 6.07) is 8.19. The van der Waals surface area contributed by atoms with E-state index >= 15 is 0 Å². The molecule has 1 N–H and O–H groups in total. The average molecular weight is 279 g/mol. The lowest BCUT2D eigenvalue weighted by Gasteiger charge is -2.09. The second-order valence-electron chi connectivity index (χ2n) is 4.70. The molecule has 2 aromatic rings. The maximum absolute atomic E-state index is 5.67. The number of thiazole rings is 1. The number of rotatable bonds is 4. The Balaban J connectivity index is 2.17. The van der Waals surface area contributed by atoms with Gasteiger partial charge in [0.1, 0.15) is 5.75 Å². The first-order valence-corrected chi connectivity index (χ1v) is 7.21. The molecule has 1 heterocycles. The van der Waals surface area contributed by atoms with E-state index in [4.69, 9.17) is 17.0 Å². The van der Waals surface area contributed by atoms with Gasteiger partial charge < -0.3 is 9.72 Å². The number of benzene rings is 1. The highest BCUT2D eigenvalue weighted by molar-refractivity contribution is 7.73. The second-order valence-corrected chi connectivity index (χ2v) is 6.39. The van der Waals surface area contributed by atoms with Crippen molar-refractivity contribution in [2.24, 2.45) is 5.92 Å². The highest BCUT2D eigenvalue weighted by Gasteiger charge is 2.05. The zero-order valence-electron chi connectivity index (χ0n) is 10.8. The Morgan fingerprint density at radius 3 is 2.44 bits per heavy atom. The Hall–Kier alpha value is -1.13. The van der Waals surface area contributed by atoms with Crippen LogP contribution in [0.1, 0.15) is 19.5 Å². The molecule has 4 heteroatoms. The Kier molecular flexibility index (Phi) is 4.19. The lowest BCUT2D eigenvalue weighted by atomic mass is 10.1. The van der Waals surface area contributed by atoms with Crippen LogP contribution in [0.5, 0.6) is 5.75 Å². The third kappa shape index (κ3) is 3.21. The smallest absolute Gasteiger partial charge is 0.159 e. The van der Waals surface area contributed by atoms with Gasteiger partial charge in [-0.25, -0.2) is 0 Å². The van der Waals surface area contributed by atoms with Crippen molar-refractivity contribution in [3.05, 3.63) is 33.9 Å². The van der Waals surface area contributed by atoms with Gasteiger partial charge in [0.05, 0.1) is 11.5 Å². The van der Waals surface area contributed by atoms with Gasteiger partial charge in [-0.05, 0) is 54.9 Å². The van der Waals surface area contributed by atoms with Gasteiger partial charge in [-0.2, -0.15) is 0 Å². The zero-order valence-corrected chi connectivity index (χ0v) is 12.5. The molecule has 0 saturated carbocycles. The highest BCUT2D eigenvalue weighted by atomic mass is 32.1. The van der Waals surface area contributed by atoms with Crippen LogP contribution in [0.25, 0.3) is 10.4 Å². The molecule has 0 aliphatic rings. The van der Waals surface area contributed by atoms with Crippen molar-refractivity contribution < 1.29 is 4.74 Å². The number of ether oxygens (including phenoxy) is 1. The van der Waals surface area contributed by atoms with Crippen molar-refractivity contribution in [3.63, 3.8) is 0 Å². The Bertz CT molecular complexity index is 566. The normalized spacial score (nSPS) is 10.9. The van der Waals surface area contributed by atoms with E-state index in [1.807, 2.05) is 19.1 Å². The molecule has 0 unspecified atom stereocenters. The maximum atomic E-state index is 5.67. The fourth-order valence-electron chi connectivity index (χ4n) is 1.65. The number of aromatic nitrogens is 1. The van der Waals surface area contributed by atoms with E-state index in [1.54, 1.807) is 11.3 Å². The molecule has 18 heavy (non-hydrogen) atoms. The van der Waals surface area contributed by atoms with Gasteiger partial charge >= 0.3 is 0 Å². The lowest BCUT2D eigenvalue weighted by Crippen LogP contribution is -2.04. The maximum Gasteiger partial charge on any atom is 0.159 e. The summed E-state index contributed by atoms with van der Waals surface area (Å²) in [5.41, 5.74) is 2.31. The first-order chi connectivity index (χ1) is 8.56. The molecule has 0 spiro atoms. The van der Waals surface area contributed by atoms with Crippen molar-refractivity contribution >= 4 is 23.6 Å². The minimum absolute atomic E-state index is 0.543. The van der Waals surface area contributed by atoms with Crippen LogP contribution in [-0.2, 0) is 0 Å². The monoisotopic (exact) mass is 279 g/mol. The molecule has 1 aromatic heterocycles. The number of aromatic amines is 1. The van der Waals surface area contributed by atoms with E-state index in [2.05, 4.69) is 31.0 Å². The standard InChI is InChI=1S/C14H17NOS2/c1-9(2)8-16-12-6-4-11(5-7-12)13-10(3)15-14(17)18-13/h4-7,9H,8H2,1-3H3,(H,15,17). The highest BCUT2D eigenvalue weighted by Crippen LogP contribution is 2.29. The summed E-state index contributed by atoms with van der Waals surface area (Å²) in [4.78, 5) is 4.37. The molecule has 96 valence electrons. The molecule has 0 radical (unpaired) electrons. The fourth-order valence-corrected chi connectivity index (χ4v) is 2.90. The van der Waals surface area contributed by atoms with Crippen LogP contribution in [0, 0.1) is 16.8 Å². The van der Waals surface area contributed by atoms with Gasteiger partial charge in [0.25, 0.3) is 0 Å². The number of aryl methyl sites for hydroxylation is 1. The summed E-state index contributed by atoms with van der Waals surface area (Å²) >= 11 is 6.76. The van der Waals surface area contributed by atoms with Crippen molar-refractivity contribution in [1.82, 2.24) is 4.98 Å². The summed E-state index contributed by atoms with van der Waals surface area (Å²) < 4.78 is 6.49. The minimum Gasteiger partial charge on any atom is -0.493 e. The van der Waals surface area contributed by atoms with Crippen LogP contribution in [0.3, 0.4) is 0 Å². The fraction of sp³-hybridized carbons (Fsp3) is 0.357. The molecule has 0 bridgehead atoms. The molecular formula is C14H17NOS2. The molecule has 0 aliphatic carbocycles. The number of hydrogen-bond donors (Lipinski definition) is 1. The first-order valence-electron chi connectivity index (χ1n) is 5.99. The van der Waals surface area contributed by atoms with Gasteiger partial charge in [-0.1, -0.05) is 13.8 Å². The topological polar surface area (TPSA) is 25.0 Å². The quantitative estimate of drug-likeness (QED) is 0.812. The van der Waals surface area contributed by atoms with Crippen LogP contribution < -0.4 is 4.74 Å². The largest absolute Gasteiger partial charge is 0.493 e. The molecule has 0 fully saturated rings. The van der Waals surface area contributed by atoms with E-state index in [-0.39, 0.29) is 0 Å². The second kappa shape index (κ2) is 5.67. The van der Waals surface area contributed by atoms with E-state index in [0.29, 0.717) is 5.92 Å². The van der Waals surface area contributed by atoms with Gasteiger partial charge in [0.15, 0.2) is 3.95 Å². The molecule has 0 saturated heterocycles. The molecule has 1 aromatic carbocycles. The Morgan fingerprint density at radius 2 is 1.94 bits per heavy atom. The third-order valence-electron chi connectivity index (χ3n) is 2.52. The van der Waals surface area contributed by atoms with Crippen LogP contribution in [0.2, 0.25) is 0 Å². The number of hydrogen-bond acceptors (Lipinski definition) is 3. The van der Waals surface area contributed by atoms with Crippen molar-refractivity contribution in [1.29, 1.82) is 0 Å². The molecule has 2 rings (SSSR count). The van der Waals surface area contributed by atoms with Gasteiger partial charge in [0, 0.05) is 5.69 Å². The Morgan fingerprint density at radius 1 is 1.28 bits per heavy atom. The first kappa shape index (κ1) is 13.3. The van der Waals surface area contributed by atoms with Crippen LogP contribution in [0.4, 0.5) is 0 Å². The molecule has 0 aliphatic heterocycles. The number of H-pyrrole nitrogens is 1. The van der Waals surface area contributed by atoms with E-state index in [0.717, 1.165) is 22.0 Å². The summed E-state index contributed by atoms with van der Waals surface area (Å²) in [5, 5.41) is 0. The van der Waals surface area contributed by atoms with Gasteiger partial charge in [0.2, 0.25) is 0 Å². The van der Waals surface area contributed by atoms with Crippen LogP contribution in [0.15, 0.2) is 24.3 Å².